The van der Waals surface area contributed by atoms with Gasteiger partial charge in [0.25, 0.3) is 11.9 Å². The van der Waals surface area contributed by atoms with Crippen LogP contribution in [0.3, 0.4) is 0 Å². The molecule has 2 heterocycles. The van der Waals surface area contributed by atoms with Gasteiger partial charge in [0.15, 0.2) is 0 Å². The molecule has 0 fully saturated rings. The quantitative estimate of drug-likeness (QED) is 0.511. The standard InChI is InChI=1S/C17H9Cl2FN4OS/c18-9-5-6-10(12(19)7-9)14-8-26-17-22-16(23-24(14)17)21-15(25)11-3-1-2-4-13(11)20/h1-8H,(H,21,23,25). The zero-order chi connectivity index (χ0) is 18.3. The first-order chi connectivity index (χ1) is 12.5. The summed E-state index contributed by atoms with van der Waals surface area (Å²) < 4.78 is 15.3. The molecule has 5 nitrogen and oxygen atoms in total. The van der Waals surface area contributed by atoms with Gasteiger partial charge in [0.2, 0.25) is 4.96 Å². The summed E-state index contributed by atoms with van der Waals surface area (Å²) >= 11 is 13.5. The van der Waals surface area contributed by atoms with Crippen molar-refractivity contribution in [2.75, 3.05) is 5.32 Å². The number of thiazole rings is 1. The molecule has 130 valence electrons. The number of fused-ring (bicyclic) bond motifs is 1. The summed E-state index contributed by atoms with van der Waals surface area (Å²) in [6.45, 7) is 0. The van der Waals surface area contributed by atoms with Crippen molar-refractivity contribution in [1.29, 1.82) is 0 Å². The second-order valence-electron chi connectivity index (χ2n) is 5.31. The van der Waals surface area contributed by atoms with Crippen molar-refractivity contribution < 1.29 is 9.18 Å². The Bertz CT molecular complexity index is 1140. The van der Waals surface area contributed by atoms with E-state index < -0.39 is 11.7 Å². The van der Waals surface area contributed by atoms with Crippen LogP contribution in [-0.4, -0.2) is 20.5 Å². The van der Waals surface area contributed by atoms with Crippen molar-refractivity contribution in [3.8, 4) is 11.3 Å². The van der Waals surface area contributed by atoms with E-state index in [4.69, 9.17) is 23.2 Å². The number of halogens is 3. The summed E-state index contributed by atoms with van der Waals surface area (Å²) in [6, 6.07) is 10.9. The highest BCUT2D eigenvalue weighted by Gasteiger charge is 2.17. The molecule has 0 unspecified atom stereocenters. The molecule has 0 spiro atoms. The average Bonchev–Trinajstić information content (AvgIpc) is 3.16. The first kappa shape index (κ1) is 17.0. The van der Waals surface area contributed by atoms with Gasteiger partial charge in [-0.15, -0.1) is 16.4 Å². The van der Waals surface area contributed by atoms with Crippen LogP contribution in [0.4, 0.5) is 10.3 Å². The van der Waals surface area contributed by atoms with E-state index in [9.17, 15) is 9.18 Å². The molecule has 1 N–H and O–H groups in total. The molecule has 9 heteroatoms. The lowest BCUT2D eigenvalue weighted by Crippen LogP contribution is -2.14. The normalized spacial score (nSPS) is 11.0. The molecular formula is C17H9Cl2FN4OS. The van der Waals surface area contributed by atoms with E-state index in [1.165, 1.54) is 29.5 Å². The third kappa shape index (κ3) is 3.05. The van der Waals surface area contributed by atoms with Crippen molar-refractivity contribution in [2.45, 2.75) is 0 Å². The van der Waals surface area contributed by atoms with Crippen LogP contribution >= 0.6 is 34.5 Å². The molecule has 0 aliphatic carbocycles. The van der Waals surface area contributed by atoms with Gasteiger partial charge in [-0.2, -0.15) is 4.98 Å². The van der Waals surface area contributed by atoms with Crippen LogP contribution < -0.4 is 5.32 Å². The third-order valence-corrected chi connectivity index (χ3v) is 5.00. The fourth-order valence-electron chi connectivity index (χ4n) is 2.43. The Hall–Kier alpha value is -2.48. The van der Waals surface area contributed by atoms with E-state index in [-0.39, 0.29) is 11.5 Å². The van der Waals surface area contributed by atoms with Crippen molar-refractivity contribution in [3.05, 3.63) is 69.3 Å². The van der Waals surface area contributed by atoms with E-state index in [0.29, 0.717) is 20.7 Å². The fraction of sp³-hybridized carbons (Fsp3) is 0. The summed E-state index contributed by atoms with van der Waals surface area (Å²) in [6.07, 6.45) is 0. The van der Waals surface area contributed by atoms with Gasteiger partial charge in [-0.05, 0) is 30.3 Å². The second kappa shape index (κ2) is 6.68. The van der Waals surface area contributed by atoms with E-state index in [2.05, 4.69) is 15.4 Å². The summed E-state index contributed by atoms with van der Waals surface area (Å²) in [5.74, 6) is -1.15. The number of hydrogen-bond donors (Lipinski definition) is 1. The number of nitrogens with zero attached hydrogens (tertiary/aromatic N) is 3. The number of carbonyl (C=O) groups excluding carboxylic acids is 1. The maximum Gasteiger partial charge on any atom is 0.261 e. The van der Waals surface area contributed by atoms with Gasteiger partial charge in [-0.1, -0.05) is 35.3 Å². The summed E-state index contributed by atoms with van der Waals surface area (Å²) in [7, 11) is 0. The minimum atomic E-state index is -0.618. The van der Waals surface area contributed by atoms with Crippen molar-refractivity contribution >= 4 is 51.4 Å². The van der Waals surface area contributed by atoms with Crippen molar-refractivity contribution in [1.82, 2.24) is 14.6 Å². The molecule has 2 aromatic heterocycles. The SMILES string of the molecule is O=C(Nc1nc2scc(-c3ccc(Cl)cc3Cl)n2n1)c1ccccc1F. The molecule has 0 bridgehead atoms. The highest BCUT2D eigenvalue weighted by atomic mass is 35.5. The predicted molar refractivity (Wildman–Crippen MR) is 101 cm³/mol. The minimum Gasteiger partial charge on any atom is -0.289 e. The Morgan fingerprint density at radius 2 is 2.00 bits per heavy atom. The van der Waals surface area contributed by atoms with Crippen molar-refractivity contribution in [2.24, 2.45) is 0 Å². The van der Waals surface area contributed by atoms with Crippen LogP contribution in [0.2, 0.25) is 10.0 Å². The lowest BCUT2D eigenvalue weighted by atomic mass is 10.2. The molecule has 0 saturated heterocycles. The zero-order valence-electron chi connectivity index (χ0n) is 12.9. The third-order valence-electron chi connectivity index (χ3n) is 3.63. The van der Waals surface area contributed by atoms with E-state index in [1.54, 1.807) is 28.8 Å². The number of rotatable bonds is 3. The highest BCUT2D eigenvalue weighted by Crippen LogP contribution is 2.33. The highest BCUT2D eigenvalue weighted by molar-refractivity contribution is 7.15. The monoisotopic (exact) mass is 406 g/mol. The van der Waals surface area contributed by atoms with Gasteiger partial charge in [0.1, 0.15) is 5.82 Å². The average molecular weight is 407 g/mol. The van der Waals surface area contributed by atoms with Gasteiger partial charge in [-0.3, -0.25) is 10.1 Å². The molecule has 4 aromatic rings. The van der Waals surface area contributed by atoms with E-state index in [0.717, 1.165) is 5.56 Å². The van der Waals surface area contributed by atoms with Gasteiger partial charge >= 0.3 is 0 Å². The molecule has 2 aromatic carbocycles. The van der Waals surface area contributed by atoms with Crippen LogP contribution in [0.1, 0.15) is 10.4 Å². The van der Waals surface area contributed by atoms with Gasteiger partial charge in [0, 0.05) is 16.0 Å². The molecule has 4 rings (SSSR count). The summed E-state index contributed by atoms with van der Waals surface area (Å²) in [5, 5.41) is 9.65. The Balaban J connectivity index is 1.68. The largest absolute Gasteiger partial charge is 0.289 e. The molecule has 0 atom stereocenters. The summed E-state index contributed by atoms with van der Waals surface area (Å²) in [4.78, 5) is 17.0. The maximum absolute atomic E-state index is 13.7. The Morgan fingerprint density at radius 3 is 2.77 bits per heavy atom. The van der Waals surface area contributed by atoms with Crippen molar-refractivity contribution in [3.63, 3.8) is 0 Å². The molecule has 0 saturated carbocycles. The zero-order valence-corrected chi connectivity index (χ0v) is 15.2. The summed E-state index contributed by atoms with van der Waals surface area (Å²) in [5.41, 5.74) is 1.37. The predicted octanol–water partition coefficient (Wildman–Crippen LogP) is 5.16. The molecular weight excluding hydrogens is 398 g/mol. The number of anilines is 1. The van der Waals surface area contributed by atoms with Crippen LogP contribution in [-0.2, 0) is 0 Å². The van der Waals surface area contributed by atoms with Crippen LogP contribution in [0.5, 0.6) is 0 Å². The first-order valence-electron chi connectivity index (χ1n) is 7.38. The van der Waals surface area contributed by atoms with Gasteiger partial charge in [-0.25, -0.2) is 8.91 Å². The molecule has 0 aliphatic heterocycles. The van der Waals surface area contributed by atoms with Gasteiger partial charge in [0.05, 0.1) is 16.3 Å². The molecule has 0 aliphatic rings. The number of hydrogen-bond acceptors (Lipinski definition) is 4. The second-order valence-corrected chi connectivity index (χ2v) is 6.99. The van der Waals surface area contributed by atoms with E-state index >= 15 is 0 Å². The van der Waals surface area contributed by atoms with Crippen LogP contribution in [0, 0.1) is 5.82 Å². The number of nitrogens with one attached hydrogen (secondary N) is 1. The molecule has 1 amide bonds. The smallest absolute Gasteiger partial charge is 0.261 e. The Labute approximate surface area is 161 Å². The Morgan fingerprint density at radius 1 is 1.19 bits per heavy atom. The number of aromatic nitrogens is 3. The lowest BCUT2D eigenvalue weighted by molar-refractivity contribution is 0.102. The number of carbonyl (C=O) groups is 1. The molecule has 0 radical (unpaired) electrons. The molecule has 26 heavy (non-hydrogen) atoms. The Kier molecular flexibility index (Phi) is 4.36. The number of benzene rings is 2. The van der Waals surface area contributed by atoms with Crippen LogP contribution in [0.15, 0.2) is 47.8 Å². The van der Waals surface area contributed by atoms with E-state index in [1.807, 2.05) is 5.38 Å². The number of amides is 1. The maximum atomic E-state index is 13.7. The fourth-order valence-corrected chi connectivity index (χ4v) is 3.76. The van der Waals surface area contributed by atoms with Gasteiger partial charge < -0.3 is 0 Å². The topological polar surface area (TPSA) is 59.3 Å². The first-order valence-corrected chi connectivity index (χ1v) is 9.02. The lowest BCUT2D eigenvalue weighted by Gasteiger charge is -2.03. The van der Waals surface area contributed by atoms with Crippen LogP contribution in [0.25, 0.3) is 16.2 Å². The minimum absolute atomic E-state index is 0.0772.